The van der Waals surface area contributed by atoms with E-state index in [9.17, 15) is 4.79 Å². The van der Waals surface area contributed by atoms with E-state index in [1.54, 1.807) is 18.5 Å². The number of pyridine rings is 1. The Bertz CT molecular complexity index is 602. The predicted octanol–water partition coefficient (Wildman–Crippen LogP) is 0.775. The zero-order chi connectivity index (χ0) is 15.8. The molecule has 22 heavy (non-hydrogen) atoms. The first-order chi connectivity index (χ1) is 10.6. The molecule has 0 aliphatic carbocycles. The summed E-state index contributed by atoms with van der Waals surface area (Å²) in [6, 6.07) is 5.36. The van der Waals surface area contributed by atoms with E-state index in [0.717, 1.165) is 18.7 Å². The van der Waals surface area contributed by atoms with Crippen molar-refractivity contribution in [1.82, 2.24) is 25.2 Å². The molecule has 2 N–H and O–H groups in total. The lowest BCUT2D eigenvalue weighted by Crippen LogP contribution is -2.24. The van der Waals surface area contributed by atoms with Crippen LogP contribution in [-0.4, -0.2) is 52.9 Å². The molecular weight excluding hydrogens is 280 g/mol. The second-order valence-corrected chi connectivity index (χ2v) is 5.06. The first-order valence-corrected chi connectivity index (χ1v) is 7.03. The number of aromatic nitrogens is 3. The van der Waals surface area contributed by atoms with Crippen LogP contribution in [0.4, 0.5) is 5.82 Å². The fraction of sp³-hybridized carbons (Fsp3) is 0.333. The fourth-order valence-electron chi connectivity index (χ4n) is 1.76. The van der Waals surface area contributed by atoms with Crippen molar-refractivity contribution >= 4 is 11.7 Å². The van der Waals surface area contributed by atoms with Gasteiger partial charge in [-0.1, -0.05) is 0 Å². The first-order valence-electron chi connectivity index (χ1n) is 7.03. The number of rotatable bonds is 7. The summed E-state index contributed by atoms with van der Waals surface area (Å²) in [6.45, 7) is 2.07. The van der Waals surface area contributed by atoms with Crippen LogP contribution < -0.4 is 10.6 Å². The van der Waals surface area contributed by atoms with Gasteiger partial charge in [-0.3, -0.25) is 9.78 Å². The van der Waals surface area contributed by atoms with E-state index in [1.807, 2.05) is 26.2 Å². The molecule has 0 saturated carbocycles. The van der Waals surface area contributed by atoms with Gasteiger partial charge in [-0.05, 0) is 31.8 Å². The predicted molar refractivity (Wildman–Crippen MR) is 84.5 cm³/mol. The minimum absolute atomic E-state index is 0.227. The number of hydrogen-bond donors (Lipinski definition) is 2. The maximum absolute atomic E-state index is 12.1. The Morgan fingerprint density at radius 2 is 2.00 bits per heavy atom. The molecule has 2 aromatic rings. The normalized spacial score (nSPS) is 10.5. The van der Waals surface area contributed by atoms with Crippen LogP contribution in [0.1, 0.15) is 16.1 Å². The molecule has 0 saturated heterocycles. The van der Waals surface area contributed by atoms with E-state index in [1.165, 1.54) is 6.33 Å². The zero-order valence-corrected chi connectivity index (χ0v) is 12.8. The molecule has 7 heteroatoms. The molecule has 1 amide bonds. The second kappa shape index (κ2) is 8.04. The number of nitrogens with zero attached hydrogens (tertiary/aromatic N) is 4. The number of amides is 1. The summed E-state index contributed by atoms with van der Waals surface area (Å²) in [7, 11) is 4.00. The summed E-state index contributed by atoms with van der Waals surface area (Å²) in [5.41, 5.74) is 1.33. The van der Waals surface area contributed by atoms with Gasteiger partial charge in [0.2, 0.25) is 0 Å². The topological polar surface area (TPSA) is 83.0 Å². The standard InChI is InChI=1S/C15H20N6O/c1-21(2)8-7-17-14-9-13(19-11-20-14)15(22)18-10-12-3-5-16-6-4-12/h3-6,9,11H,7-8,10H2,1-2H3,(H,18,22)(H,17,19,20). The quantitative estimate of drug-likeness (QED) is 0.786. The largest absolute Gasteiger partial charge is 0.369 e. The molecule has 0 bridgehead atoms. The molecule has 116 valence electrons. The Balaban J connectivity index is 1.89. The summed E-state index contributed by atoms with van der Waals surface area (Å²) >= 11 is 0. The molecule has 2 rings (SSSR count). The fourth-order valence-corrected chi connectivity index (χ4v) is 1.76. The Morgan fingerprint density at radius 1 is 1.23 bits per heavy atom. The van der Waals surface area contributed by atoms with Crippen molar-refractivity contribution < 1.29 is 4.79 Å². The molecule has 0 radical (unpaired) electrons. The number of anilines is 1. The minimum Gasteiger partial charge on any atom is -0.369 e. The number of carbonyl (C=O) groups excluding carboxylic acids is 1. The van der Waals surface area contributed by atoms with Gasteiger partial charge in [0, 0.05) is 38.1 Å². The molecule has 2 aromatic heterocycles. The highest BCUT2D eigenvalue weighted by molar-refractivity contribution is 5.92. The van der Waals surface area contributed by atoms with Crippen molar-refractivity contribution in [2.24, 2.45) is 0 Å². The SMILES string of the molecule is CN(C)CCNc1cc(C(=O)NCc2ccncc2)ncn1. The van der Waals surface area contributed by atoms with Crippen molar-refractivity contribution in [1.29, 1.82) is 0 Å². The third-order valence-electron chi connectivity index (χ3n) is 2.97. The Kier molecular flexibility index (Phi) is 5.79. The Labute approximate surface area is 129 Å². The van der Waals surface area contributed by atoms with E-state index < -0.39 is 0 Å². The molecular formula is C15H20N6O. The van der Waals surface area contributed by atoms with Gasteiger partial charge in [0.25, 0.3) is 5.91 Å². The summed E-state index contributed by atoms with van der Waals surface area (Å²) in [6.07, 6.45) is 4.78. The van der Waals surface area contributed by atoms with Gasteiger partial charge < -0.3 is 15.5 Å². The van der Waals surface area contributed by atoms with Gasteiger partial charge in [-0.25, -0.2) is 9.97 Å². The van der Waals surface area contributed by atoms with Crippen LogP contribution >= 0.6 is 0 Å². The third-order valence-corrected chi connectivity index (χ3v) is 2.97. The minimum atomic E-state index is -0.227. The number of nitrogens with one attached hydrogen (secondary N) is 2. The van der Waals surface area contributed by atoms with Crippen LogP contribution in [0.15, 0.2) is 36.9 Å². The van der Waals surface area contributed by atoms with E-state index in [2.05, 4.69) is 30.5 Å². The molecule has 0 aromatic carbocycles. The van der Waals surface area contributed by atoms with Gasteiger partial charge in [0.05, 0.1) is 0 Å². The van der Waals surface area contributed by atoms with Crippen molar-refractivity contribution in [2.45, 2.75) is 6.54 Å². The molecule has 0 aliphatic heterocycles. The summed E-state index contributed by atoms with van der Waals surface area (Å²) in [4.78, 5) is 26.2. The Hall–Kier alpha value is -2.54. The van der Waals surface area contributed by atoms with Crippen molar-refractivity contribution in [3.8, 4) is 0 Å². The zero-order valence-electron chi connectivity index (χ0n) is 12.8. The lowest BCUT2D eigenvalue weighted by molar-refractivity contribution is 0.0946. The maximum Gasteiger partial charge on any atom is 0.270 e. The summed E-state index contributed by atoms with van der Waals surface area (Å²) < 4.78 is 0. The van der Waals surface area contributed by atoms with Gasteiger partial charge in [-0.15, -0.1) is 0 Å². The van der Waals surface area contributed by atoms with Crippen LogP contribution in [-0.2, 0) is 6.54 Å². The van der Waals surface area contributed by atoms with Crippen LogP contribution in [0.5, 0.6) is 0 Å². The van der Waals surface area contributed by atoms with Gasteiger partial charge >= 0.3 is 0 Å². The summed E-state index contributed by atoms with van der Waals surface area (Å²) in [5.74, 6) is 0.417. The van der Waals surface area contributed by atoms with Crippen LogP contribution in [0.2, 0.25) is 0 Å². The van der Waals surface area contributed by atoms with E-state index in [-0.39, 0.29) is 5.91 Å². The number of likely N-dealkylation sites (N-methyl/N-ethyl adjacent to an activating group) is 1. The number of carbonyl (C=O) groups is 1. The summed E-state index contributed by atoms with van der Waals surface area (Å²) in [5, 5.41) is 5.99. The van der Waals surface area contributed by atoms with Crippen molar-refractivity contribution in [2.75, 3.05) is 32.5 Å². The lowest BCUT2D eigenvalue weighted by Gasteiger charge is -2.11. The van der Waals surface area contributed by atoms with Gasteiger partial charge in [0.15, 0.2) is 0 Å². The van der Waals surface area contributed by atoms with Crippen LogP contribution in [0, 0.1) is 0 Å². The maximum atomic E-state index is 12.1. The van der Waals surface area contributed by atoms with Crippen LogP contribution in [0.25, 0.3) is 0 Å². The third kappa shape index (κ3) is 5.10. The first kappa shape index (κ1) is 15.8. The highest BCUT2D eigenvalue weighted by Crippen LogP contribution is 2.04. The highest BCUT2D eigenvalue weighted by atomic mass is 16.1. The molecule has 0 atom stereocenters. The van der Waals surface area contributed by atoms with E-state index in [4.69, 9.17) is 0 Å². The molecule has 0 unspecified atom stereocenters. The van der Waals surface area contributed by atoms with Gasteiger partial charge in [0.1, 0.15) is 17.8 Å². The smallest absolute Gasteiger partial charge is 0.270 e. The Morgan fingerprint density at radius 3 is 2.73 bits per heavy atom. The van der Waals surface area contributed by atoms with Crippen molar-refractivity contribution in [3.63, 3.8) is 0 Å². The molecule has 0 spiro atoms. The van der Waals surface area contributed by atoms with E-state index >= 15 is 0 Å². The molecule has 7 nitrogen and oxygen atoms in total. The monoisotopic (exact) mass is 300 g/mol. The van der Waals surface area contributed by atoms with E-state index in [0.29, 0.717) is 18.1 Å². The highest BCUT2D eigenvalue weighted by Gasteiger charge is 2.08. The molecule has 0 aliphatic rings. The van der Waals surface area contributed by atoms with Crippen LogP contribution in [0.3, 0.4) is 0 Å². The second-order valence-electron chi connectivity index (χ2n) is 5.06. The van der Waals surface area contributed by atoms with Crippen molar-refractivity contribution in [3.05, 3.63) is 48.2 Å². The average molecular weight is 300 g/mol. The lowest BCUT2D eigenvalue weighted by atomic mass is 10.2. The van der Waals surface area contributed by atoms with Gasteiger partial charge in [-0.2, -0.15) is 0 Å². The molecule has 0 fully saturated rings. The number of hydrogen-bond acceptors (Lipinski definition) is 6. The average Bonchev–Trinajstić information content (AvgIpc) is 2.53. The molecule has 2 heterocycles.